The molecule has 0 saturated heterocycles. The van der Waals surface area contributed by atoms with Gasteiger partial charge in [-0.1, -0.05) is 48.5 Å². The third-order valence-corrected chi connectivity index (χ3v) is 4.66. The predicted molar refractivity (Wildman–Crippen MR) is 105 cm³/mol. The molecule has 4 rings (SSSR count). The minimum Gasteiger partial charge on any atom is -0.508 e. The van der Waals surface area contributed by atoms with Crippen LogP contribution >= 0.6 is 0 Å². The maximum absolute atomic E-state index is 9.73. The lowest BCUT2D eigenvalue weighted by molar-refractivity contribution is 0.306. The molecule has 0 unspecified atom stereocenters. The summed E-state index contributed by atoms with van der Waals surface area (Å²) in [5.74, 6) is 0.954. The Morgan fingerprint density at radius 3 is 2.50 bits per heavy atom. The molecule has 5 heteroatoms. The van der Waals surface area contributed by atoms with Crippen molar-refractivity contribution in [2.75, 3.05) is 0 Å². The maximum Gasteiger partial charge on any atom is 0.205 e. The summed E-state index contributed by atoms with van der Waals surface area (Å²) in [7, 11) is 0. The van der Waals surface area contributed by atoms with Crippen molar-refractivity contribution in [3.05, 3.63) is 101 Å². The van der Waals surface area contributed by atoms with Gasteiger partial charge in [-0.15, -0.1) is 0 Å². The molecule has 0 saturated carbocycles. The van der Waals surface area contributed by atoms with Gasteiger partial charge in [0.1, 0.15) is 35.5 Å². The monoisotopic (exact) mass is 370 g/mol. The fraction of sp³-hybridized carbons (Fsp3) is 0.0870. The zero-order valence-corrected chi connectivity index (χ0v) is 15.0. The van der Waals surface area contributed by atoms with E-state index in [4.69, 9.17) is 15.2 Å². The first-order chi connectivity index (χ1) is 13.7. The molecule has 0 fully saturated rings. The van der Waals surface area contributed by atoms with Gasteiger partial charge >= 0.3 is 0 Å². The van der Waals surface area contributed by atoms with Crippen molar-refractivity contribution in [2.24, 2.45) is 5.73 Å². The van der Waals surface area contributed by atoms with E-state index < -0.39 is 0 Å². The molecule has 3 aromatic rings. The second-order valence-corrected chi connectivity index (χ2v) is 6.49. The van der Waals surface area contributed by atoms with E-state index in [0.29, 0.717) is 17.9 Å². The average molecular weight is 370 g/mol. The standard InChI is InChI=1S/C23H18N2O3/c24-13-20-22(19-11-8-17(26)12-21(19)28-23(20)25)16-6-9-18(10-7-16)27-14-15-4-2-1-3-5-15/h1-12,22,26H,14,25H2/t22-/m0/s1. The van der Waals surface area contributed by atoms with Gasteiger partial charge in [-0.2, -0.15) is 5.26 Å². The Hall–Kier alpha value is -3.91. The molecule has 1 atom stereocenters. The Balaban J connectivity index is 1.62. The number of hydrogen-bond acceptors (Lipinski definition) is 5. The summed E-state index contributed by atoms with van der Waals surface area (Å²) >= 11 is 0. The van der Waals surface area contributed by atoms with Crippen LogP contribution in [0.25, 0.3) is 0 Å². The zero-order chi connectivity index (χ0) is 19.5. The number of phenols is 1. The predicted octanol–water partition coefficient (Wildman–Crippen LogP) is 4.19. The number of phenolic OH excluding ortho intramolecular Hbond substituents is 1. The molecule has 0 aliphatic carbocycles. The van der Waals surface area contributed by atoms with Gasteiger partial charge in [0.25, 0.3) is 0 Å². The molecule has 3 aromatic carbocycles. The van der Waals surface area contributed by atoms with E-state index in [1.165, 1.54) is 6.07 Å². The molecule has 3 N–H and O–H groups in total. The van der Waals surface area contributed by atoms with E-state index >= 15 is 0 Å². The summed E-state index contributed by atoms with van der Waals surface area (Å²) in [6.45, 7) is 0.482. The van der Waals surface area contributed by atoms with Crippen LogP contribution in [0.15, 0.2) is 84.3 Å². The molecular weight excluding hydrogens is 352 g/mol. The van der Waals surface area contributed by atoms with Crippen LogP contribution in [0.1, 0.15) is 22.6 Å². The van der Waals surface area contributed by atoms with Gasteiger partial charge in [-0.05, 0) is 29.3 Å². The molecule has 138 valence electrons. The number of nitrogens with zero attached hydrogens (tertiary/aromatic N) is 1. The topological polar surface area (TPSA) is 88.5 Å². The van der Waals surface area contributed by atoms with Crippen molar-refractivity contribution in [2.45, 2.75) is 12.5 Å². The first-order valence-corrected chi connectivity index (χ1v) is 8.83. The van der Waals surface area contributed by atoms with Gasteiger partial charge in [-0.25, -0.2) is 0 Å². The van der Waals surface area contributed by atoms with Crippen LogP contribution in [0.2, 0.25) is 0 Å². The fourth-order valence-corrected chi connectivity index (χ4v) is 3.28. The number of allylic oxidation sites excluding steroid dienone is 1. The van der Waals surface area contributed by atoms with E-state index in [0.717, 1.165) is 22.4 Å². The summed E-state index contributed by atoms with van der Waals surface area (Å²) in [4.78, 5) is 0. The highest BCUT2D eigenvalue weighted by Gasteiger charge is 2.30. The molecule has 1 aliphatic heterocycles. The highest BCUT2D eigenvalue weighted by Crippen LogP contribution is 2.43. The molecule has 0 spiro atoms. The minimum absolute atomic E-state index is 0.0509. The number of hydrogen-bond donors (Lipinski definition) is 2. The van der Waals surface area contributed by atoms with Gasteiger partial charge in [0, 0.05) is 11.6 Å². The molecule has 0 amide bonds. The van der Waals surface area contributed by atoms with Crippen molar-refractivity contribution in [1.82, 2.24) is 0 Å². The van der Waals surface area contributed by atoms with Gasteiger partial charge < -0.3 is 20.3 Å². The summed E-state index contributed by atoms with van der Waals surface area (Å²) in [5, 5.41) is 19.3. The van der Waals surface area contributed by atoms with Crippen LogP contribution in [-0.4, -0.2) is 5.11 Å². The summed E-state index contributed by atoms with van der Waals surface area (Å²) in [6, 6.07) is 24.5. The third kappa shape index (κ3) is 3.36. The number of benzene rings is 3. The average Bonchev–Trinajstić information content (AvgIpc) is 2.72. The molecule has 0 bridgehead atoms. The number of rotatable bonds is 4. The van der Waals surface area contributed by atoms with E-state index in [2.05, 4.69) is 6.07 Å². The van der Waals surface area contributed by atoms with Crippen LogP contribution in [0.5, 0.6) is 17.2 Å². The highest BCUT2D eigenvalue weighted by atomic mass is 16.5. The molecular formula is C23H18N2O3. The van der Waals surface area contributed by atoms with Crippen LogP contribution in [-0.2, 0) is 6.61 Å². The van der Waals surface area contributed by atoms with Gasteiger partial charge in [0.2, 0.25) is 5.88 Å². The number of fused-ring (bicyclic) bond motifs is 1. The second kappa shape index (κ2) is 7.37. The lowest BCUT2D eigenvalue weighted by atomic mass is 9.83. The van der Waals surface area contributed by atoms with Crippen molar-refractivity contribution in [3.8, 4) is 23.3 Å². The normalized spacial score (nSPS) is 15.3. The second-order valence-electron chi connectivity index (χ2n) is 6.49. The number of nitrogens with two attached hydrogens (primary N) is 1. The Kier molecular flexibility index (Phi) is 4.61. The maximum atomic E-state index is 9.73. The number of ether oxygens (including phenoxy) is 2. The summed E-state index contributed by atoms with van der Waals surface area (Å²) in [6.07, 6.45) is 0. The molecule has 1 heterocycles. The third-order valence-electron chi connectivity index (χ3n) is 4.66. The largest absolute Gasteiger partial charge is 0.508 e. The summed E-state index contributed by atoms with van der Waals surface area (Å²) in [5.41, 5.74) is 9.06. The molecule has 0 radical (unpaired) electrons. The van der Waals surface area contributed by atoms with Crippen LogP contribution in [0.3, 0.4) is 0 Å². The van der Waals surface area contributed by atoms with E-state index in [1.807, 2.05) is 54.6 Å². The highest BCUT2D eigenvalue weighted by molar-refractivity contribution is 5.57. The lowest BCUT2D eigenvalue weighted by Crippen LogP contribution is -2.20. The Morgan fingerprint density at radius 1 is 1.04 bits per heavy atom. The molecule has 5 nitrogen and oxygen atoms in total. The Bertz CT molecular complexity index is 1070. The van der Waals surface area contributed by atoms with E-state index in [-0.39, 0.29) is 17.6 Å². The van der Waals surface area contributed by atoms with Gasteiger partial charge in [0.15, 0.2) is 0 Å². The zero-order valence-electron chi connectivity index (χ0n) is 15.0. The SMILES string of the molecule is N#CC1=C(N)Oc2cc(O)ccc2[C@@H]1c1ccc(OCc2ccccc2)cc1. The number of nitriles is 1. The first-order valence-electron chi connectivity index (χ1n) is 8.83. The van der Waals surface area contributed by atoms with Crippen molar-refractivity contribution in [3.63, 3.8) is 0 Å². The quantitative estimate of drug-likeness (QED) is 0.719. The number of aromatic hydroxyl groups is 1. The van der Waals surface area contributed by atoms with Crippen molar-refractivity contribution in [1.29, 1.82) is 5.26 Å². The van der Waals surface area contributed by atoms with E-state index in [9.17, 15) is 10.4 Å². The Morgan fingerprint density at radius 2 is 1.79 bits per heavy atom. The van der Waals surface area contributed by atoms with Gasteiger partial charge in [-0.3, -0.25) is 0 Å². The van der Waals surface area contributed by atoms with E-state index in [1.54, 1.807) is 12.1 Å². The smallest absolute Gasteiger partial charge is 0.205 e. The van der Waals surface area contributed by atoms with Crippen LogP contribution in [0, 0.1) is 11.3 Å². The lowest BCUT2D eigenvalue weighted by Gasteiger charge is -2.26. The Labute approximate surface area is 162 Å². The molecule has 28 heavy (non-hydrogen) atoms. The first kappa shape index (κ1) is 17.5. The van der Waals surface area contributed by atoms with Gasteiger partial charge in [0.05, 0.1) is 5.92 Å². The van der Waals surface area contributed by atoms with Crippen molar-refractivity contribution < 1.29 is 14.6 Å². The molecule has 0 aromatic heterocycles. The fourth-order valence-electron chi connectivity index (χ4n) is 3.28. The summed E-state index contributed by atoms with van der Waals surface area (Å²) < 4.78 is 11.4. The van der Waals surface area contributed by atoms with Crippen molar-refractivity contribution >= 4 is 0 Å². The van der Waals surface area contributed by atoms with Crippen LogP contribution in [0.4, 0.5) is 0 Å². The minimum atomic E-state index is -0.363. The van der Waals surface area contributed by atoms with Crippen LogP contribution < -0.4 is 15.2 Å². The molecule has 1 aliphatic rings.